The summed E-state index contributed by atoms with van der Waals surface area (Å²) in [4.78, 5) is 12.4. The van der Waals surface area contributed by atoms with E-state index >= 15 is 0 Å². The summed E-state index contributed by atoms with van der Waals surface area (Å²) >= 11 is 13.3. The third kappa shape index (κ3) is 3.13. The fourth-order valence-corrected chi connectivity index (χ4v) is 2.32. The van der Waals surface area contributed by atoms with E-state index in [0.29, 0.717) is 20.6 Å². The molecule has 0 saturated carbocycles. The predicted molar refractivity (Wildman–Crippen MR) is 77.9 cm³/mol. The summed E-state index contributed by atoms with van der Waals surface area (Å²) < 4.78 is 0. The lowest BCUT2D eigenvalue weighted by Crippen LogP contribution is -1.94. The van der Waals surface area contributed by atoms with Crippen molar-refractivity contribution in [3.05, 3.63) is 62.9 Å². The first kappa shape index (κ1) is 13.1. The van der Waals surface area contributed by atoms with Crippen molar-refractivity contribution in [1.82, 2.24) is 0 Å². The third-order valence-corrected chi connectivity index (χ3v) is 3.89. The van der Waals surface area contributed by atoms with Gasteiger partial charge in [0.1, 0.15) is 0 Å². The van der Waals surface area contributed by atoms with Gasteiger partial charge in [0, 0.05) is 12.3 Å². The smallest absolute Gasteiger partial charge is 0.197 e. The monoisotopic (exact) mass is 297 g/mol. The molecule has 92 valence electrons. The number of hydrogen-bond acceptors (Lipinski definition) is 3. The maximum Gasteiger partial charge on any atom is 0.197 e. The second-order valence-electron chi connectivity index (χ2n) is 3.42. The lowest BCUT2D eigenvalue weighted by Gasteiger charge is -2.04. The fraction of sp³-hybridized carbons (Fsp3) is 0. The van der Waals surface area contributed by atoms with Crippen molar-refractivity contribution in [2.45, 2.75) is 0 Å². The van der Waals surface area contributed by atoms with Crippen LogP contribution >= 0.6 is 34.5 Å². The second-order valence-corrected chi connectivity index (χ2v) is 5.15. The first-order valence-corrected chi connectivity index (χ1v) is 6.77. The van der Waals surface area contributed by atoms with Crippen molar-refractivity contribution in [1.29, 1.82) is 0 Å². The molecule has 1 N–H and O–H groups in total. The molecule has 0 fully saturated rings. The predicted octanol–water partition coefficient (Wildman–Crippen LogP) is 4.86. The van der Waals surface area contributed by atoms with Gasteiger partial charge in [-0.05, 0) is 23.6 Å². The SMILES string of the molecule is O=C(C=CNc1cccc(Cl)c1Cl)c1cccs1. The van der Waals surface area contributed by atoms with Crippen LogP contribution in [0, 0.1) is 0 Å². The molecule has 2 nitrogen and oxygen atoms in total. The Morgan fingerprint density at radius 1 is 1.22 bits per heavy atom. The summed E-state index contributed by atoms with van der Waals surface area (Å²) in [5.74, 6) is -0.0457. The highest BCUT2D eigenvalue weighted by atomic mass is 35.5. The molecule has 0 unspecified atom stereocenters. The Hall–Kier alpha value is -1.29. The topological polar surface area (TPSA) is 29.1 Å². The first-order valence-electron chi connectivity index (χ1n) is 5.13. The van der Waals surface area contributed by atoms with Gasteiger partial charge in [-0.3, -0.25) is 4.79 Å². The molecular formula is C13H9Cl2NOS. The Morgan fingerprint density at radius 3 is 2.78 bits per heavy atom. The molecule has 0 aliphatic heterocycles. The quantitative estimate of drug-likeness (QED) is 0.645. The number of halogens is 2. The maximum atomic E-state index is 11.7. The van der Waals surface area contributed by atoms with Crippen molar-refractivity contribution < 1.29 is 4.79 Å². The van der Waals surface area contributed by atoms with E-state index in [1.807, 2.05) is 11.4 Å². The van der Waals surface area contributed by atoms with Crippen molar-refractivity contribution >= 4 is 46.0 Å². The van der Waals surface area contributed by atoms with Gasteiger partial charge in [-0.15, -0.1) is 11.3 Å². The fourth-order valence-electron chi connectivity index (χ4n) is 1.32. The third-order valence-electron chi connectivity index (χ3n) is 2.19. The van der Waals surface area contributed by atoms with Crippen molar-refractivity contribution in [3.8, 4) is 0 Å². The van der Waals surface area contributed by atoms with E-state index in [2.05, 4.69) is 5.32 Å². The molecule has 18 heavy (non-hydrogen) atoms. The largest absolute Gasteiger partial charge is 0.360 e. The van der Waals surface area contributed by atoms with Crippen LogP contribution in [-0.4, -0.2) is 5.78 Å². The highest BCUT2D eigenvalue weighted by Crippen LogP contribution is 2.29. The number of anilines is 1. The zero-order valence-electron chi connectivity index (χ0n) is 9.19. The molecule has 0 spiro atoms. The van der Waals surface area contributed by atoms with Gasteiger partial charge in [-0.2, -0.15) is 0 Å². The van der Waals surface area contributed by atoms with Gasteiger partial charge in [0.25, 0.3) is 0 Å². The van der Waals surface area contributed by atoms with Crippen LogP contribution < -0.4 is 5.32 Å². The summed E-state index contributed by atoms with van der Waals surface area (Å²) in [6.45, 7) is 0. The Bertz CT molecular complexity index is 579. The first-order chi connectivity index (χ1) is 8.68. The van der Waals surface area contributed by atoms with Crippen LogP contribution in [0.15, 0.2) is 48.0 Å². The highest BCUT2D eigenvalue weighted by molar-refractivity contribution is 7.12. The average Bonchev–Trinajstić information content (AvgIpc) is 2.88. The number of hydrogen-bond donors (Lipinski definition) is 1. The van der Waals surface area contributed by atoms with E-state index in [-0.39, 0.29) is 5.78 Å². The molecule has 0 aliphatic carbocycles. The molecule has 0 radical (unpaired) electrons. The van der Waals surface area contributed by atoms with Gasteiger partial charge >= 0.3 is 0 Å². The maximum absolute atomic E-state index is 11.7. The Kier molecular flexibility index (Phi) is 4.42. The van der Waals surface area contributed by atoms with Crippen LogP contribution in [0.4, 0.5) is 5.69 Å². The molecule has 1 heterocycles. The van der Waals surface area contributed by atoms with Crippen molar-refractivity contribution in [2.24, 2.45) is 0 Å². The summed E-state index contributed by atoms with van der Waals surface area (Å²) in [6, 6.07) is 8.89. The zero-order chi connectivity index (χ0) is 13.0. The van der Waals surface area contributed by atoms with Crippen LogP contribution in [0.3, 0.4) is 0 Å². The van der Waals surface area contributed by atoms with Crippen molar-refractivity contribution in [2.75, 3.05) is 5.32 Å². The van der Waals surface area contributed by atoms with Gasteiger partial charge < -0.3 is 5.32 Å². The summed E-state index contributed by atoms with van der Waals surface area (Å²) in [5.41, 5.74) is 0.666. The molecule has 2 rings (SSSR count). The normalized spacial score (nSPS) is 10.8. The molecule has 0 atom stereocenters. The number of carbonyl (C=O) groups excluding carboxylic acids is 1. The van der Waals surface area contributed by atoms with Crippen LogP contribution in [0.2, 0.25) is 10.0 Å². The Balaban J connectivity index is 2.03. The Morgan fingerprint density at radius 2 is 2.06 bits per heavy atom. The van der Waals surface area contributed by atoms with E-state index in [1.165, 1.54) is 17.4 Å². The number of nitrogens with one attached hydrogen (secondary N) is 1. The molecule has 1 aromatic carbocycles. The summed E-state index contributed by atoms with van der Waals surface area (Å²) in [5, 5.41) is 5.71. The number of ketones is 1. The van der Waals surface area contributed by atoms with E-state index < -0.39 is 0 Å². The average molecular weight is 298 g/mol. The zero-order valence-corrected chi connectivity index (χ0v) is 11.5. The van der Waals surface area contributed by atoms with Gasteiger partial charge in [-0.25, -0.2) is 0 Å². The lowest BCUT2D eigenvalue weighted by molar-refractivity contribution is 0.105. The highest BCUT2D eigenvalue weighted by Gasteiger charge is 2.03. The van der Waals surface area contributed by atoms with Crippen LogP contribution in [0.5, 0.6) is 0 Å². The molecule has 0 bridgehead atoms. The van der Waals surface area contributed by atoms with Gasteiger partial charge in [0.05, 0.1) is 20.6 Å². The van der Waals surface area contributed by atoms with Gasteiger partial charge in [0.2, 0.25) is 0 Å². The standard InChI is InChI=1S/C13H9Cl2NOS/c14-9-3-1-4-10(13(9)15)16-7-6-11(17)12-5-2-8-18-12/h1-8,16H. The number of allylic oxidation sites excluding steroid dienone is 1. The molecule has 0 amide bonds. The molecular weight excluding hydrogens is 289 g/mol. The van der Waals surface area contributed by atoms with Crippen molar-refractivity contribution in [3.63, 3.8) is 0 Å². The van der Waals surface area contributed by atoms with E-state index in [0.717, 1.165) is 0 Å². The minimum absolute atomic E-state index is 0.0457. The second kappa shape index (κ2) is 6.05. The number of thiophene rings is 1. The molecule has 2 aromatic rings. The van der Waals surface area contributed by atoms with E-state index in [1.54, 1.807) is 30.5 Å². The van der Waals surface area contributed by atoms with Gasteiger partial charge in [0.15, 0.2) is 5.78 Å². The number of rotatable bonds is 4. The molecule has 5 heteroatoms. The Labute approximate surface area is 119 Å². The van der Waals surface area contributed by atoms with Gasteiger partial charge in [-0.1, -0.05) is 35.3 Å². The van der Waals surface area contributed by atoms with E-state index in [9.17, 15) is 4.79 Å². The molecule has 0 aliphatic rings. The number of carbonyl (C=O) groups is 1. The van der Waals surface area contributed by atoms with Crippen LogP contribution in [0.1, 0.15) is 9.67 Å². The van der Waals surface area contributed by atoms with E-state index in [4.69, 9.17) is 23.2 Å². The van der Waals surface area contributed by atoms with Crippen LogP contribution in [0.25, 0.3) is 0 Å². The van der Waals surface area contributed by atoms with Crippen LogP contribution in [-0.2, 0) is 0 Å². The number of benzene rings is 1. The molecule has 0 saturated heterocycles. The minimum atomic E-state index is -0.0457. The summed E-state index contributed by atoms with van der Waals surface area (Å²) in [6.07, 6.45) is 3.02. The molecule has 1 aromatic heterocycles. The minimum Gasteiger partial charge on any atom is -0.360 e. The summed E-state index contributed by atoms with van der Waals surface area (Å²) in [7, 11) is 0. The lowest BCUT2D eigenvalue weighted by atomic mass is 10.3.